The first-order chi connectivity index (χ1) is 10.2. The Kier molecular flexibility index (Phi) is 11.9. The van der Waals surface area contributed by atoms with E-state index < -0.39 is 0 Å². The molecule has 0 fully saturated rings. The van der Waals surface area contributed by atoms with Crippen molar-refractivity contribution in [3.05, 3.63) is 29.8 Å². The fourth-order valence-electron chi connectivity index (χ4n) is 1.88. The molecule has 1 aromatic rings. The second-order valence-electron chi connectivity index (χ2n) is 4.99. The summed E-state index contributed by atoms with van der Waals surface area (Å²) in [5.74, 6) is 0.847. The highest BCUT2D eigenvalue weighted by Crippen LogP contribution is 2.12. The first-order valence-corrected chi connectivity index (χ1v) is 7.44. The molecule has 0 radical (unpaired) electrons. The first kappa shape index (κ1) is 21.0. The summed E-state index contributed by atoms with van der Waals surface area (Å²) in [6, 6.07) is 8.64. The molecule has 0 bridgehead atoms. The maximum Gasteiger partial charge on any atom is 0.191 e. The molecular weight excluding hydrogens is 391 g/mol. The highest BCUT2D eigenvalue weighted by Gasteiger charge is 1.99. The molecule has 0 atom stereocenters. The second-order valence-corrected chi connectivity index (χ2v) is 4.99. The van der Waals surface area contributed by atoms with Crippen LogP contribution in [-0.4, -0.2) is 53.4 Å². The Labute approximate surface area is 151 Å². The van der Waals surface area contributed by atoms with Crippen LogP contribution in [0.5, 0.6) is 0 Å². The van der Waals surface area contributed by atoms with Gasteiger partial charge >= 0.3 is 0 Å². The summed E-state index contributed by atoms with van der Waals surface area (Å²) in [5.41, 5.74) is 2.54. The van der Waals surface area contributed by atoms with Gasteiger partial charge in [0, 0.05) is 40.0 Å². The van der Waals surface area contributed by atoms with Gasteiger partial charge in [0.05, 0.1) is 13.2 Å². The molecule has 0 spiro atoms. The number of hydrogen-bond acceptors (Lipinski definition) is 3. The van der Waals surface area contributed by atoms with Crippen LogP contribution < -0.4 is 15.5 Å². The van der Waals surface area contributed by atoms with Gasteiger partial charge in [0.25, 0.3) is 0 Å². The summed E-state index contributed by atoms with van der Waals surface area (Å²) in [6.45, 7) is 5.09. The van der Waals surface area contributed by atoms with Crippen LogP contribution in [0, 0.1) is 0 Å². The Balaban J connectivity index is 0.00000441. The van der Waals surface area contributed by atoms with E-state index in [1.54, 1.807) is 7.11 Å². The molecule has 126 valence electrons. The predicted molar refractivity (Wildman–Crippen MR) is 106 cm³/mol. The number of aliphatic imine (C=N–C) groups is 1. The van der Waals surface area contributed by atoms with Gasteiger partial charge < -0.3 is 20.3 Å². The Hall–Kier alpha value is -1.02. The molecular formula is C16H29IN4O. The lowest BCUT2D eigenvalue weighted by atomic mass is 10.1. The van der Waals surface area contributed by atoms with E-state index in [0.29, 0.717) is 13.2 Å². The molecule has 0 saturated carbocycles. The molecule has 1 aromatic carbocycles. The third-order valence-corrected chi connectivity index (χ3v) is 3.07. The van der Waals surface area contributed by atoms with E-state index in [9.17, 15) is 0 Å². The van der Waals surface area contributed by atoms with Crippen molar-refractivity contribution in [2.45, 2.75) is 13.3 Å². The zero-order valence-electron chi connectivity index (χ0n) is 14.1. The van der Waals surface area contributed by atoms with Gasteiger partial charge in [0.2, 0.25) is 0 Å². The molecule has 0 aliphatic rings. The van der Waals surface area contributed by atoms with Crippen molar-refractivity contribution in [3.63, 3.8) is 0 Å². The number of hydrogen-bond donors (Lipinski definition) is 2. The van der Waals surface area contributed by atoms with Crippen LogP contribution in [0.1, 0.15) is 12.5 Å². The van der Waals surface area contributed by atoms with Crippen molar-refractivity contribution in [1.29, 1.82) is 0 Å². The first-order valence-electron chi connectivity index (χ1n) is 7.44. The van der Waals surface area contributed by atoms with E-state index >= 15 is 0 Å². The van der Waals surface area contributed by atoms with E-state index in [2.05, 4.69) is 65.8 Å². The number of nitrogens with one attached hydrogen (secondary N) is 2. The molecule has 0 amide bonds. The predicted octanol–water partition coefficient (Wildman–Crippen LogP) is 2.11. The van der Waals surface area contributed by atoms with E-state index in [1.165, 1.54) is 11.3 Å². The van der Waals surface area contributed by atoms with E-state index in [4.69, 9.17) is 4.74 Å². The number of benzene rings is 1. The summed E-state index contributed by atoms with van der Waals surface area (Å²) < 4.78 is 5.01. The number of methoxy groups -OCH3 is 1. The lowest BCUT2D eigenvalue weighted by Gasteiger charge is -2.13. The summed E-state index contributed by atoms with van der Waals surface area (Å²) in [5, 5.41) is 6.57. The fraction of sp³-hybridized carbons (Fsp3) is 0.562. The molecule has 0 aliphatic heterocycles. The maximum absolute atomic E-state index is 5.01. The topological polar surface area (TPSA) is 48.9 Å². The normalized spacial score (nSPS) is 10.8. The van der Waals surface area contributed by atoms with Crippen molar-refractivity contribution >= 4 is 35.6 Å². The molecule has 22 heavy (non-hydrogen) atoms. The smallest absolute Gasteiger partial charge is 0.191 e. The highest BCUT2D eigenvalue weighted by atomic mass is 127. The van der Waals surface area contributed by atoms with Gasteiger partial charge in [0.1, 0.15) is 0 Å². The van der Waals surface area contributed by atoms with Crippen molar-refractivity contribution in [2.75, 3.05) is 52.3 Å². The van der Waals surface area contributed by atoms with E-state index in [-0.39, 0.29) is 24.0 Å². The molecule has 0 unspecified atom stereocenters. The Morgan fingerprint density at radius 2 is 1.86 bits per heavy atom. The highest BCUT2D eigenvalue weighted by molar-refractivity contribution is 14.0. The average molecular weight is 420 g/mol. The van der Waals surface area contributed by atoms with Crippen LogP contribution in [0.4, 0.5) is 5.69 Å². The minimum Gasteiger partial charge on any atom is -0.383 e. The number of ether oxygens (including phenoxy) is 1. The molecule has 0 heterocycles. The second kappa shape index (κ2) is 12.5. The molecule has 6 heteroatoms. The van der Waals surface area contributed by atoms with Gasteiger partial charge in [-0.25, -0.2) is 0 Å². The maximum atomic E-state index is 5.01. The van der Waals surface area contributed by atoms with Gasteiger partial charge in [-0.1, -0.05) is 12.1 Å². The molecule has 1 rings (SSSR count). The molecule has 0 saturated heterocycles. The monoisotopic (exact) mass is 420 g/mol. The standard InChI is InChI=1S/C16H28N4O.HI/c1-5-17-16(19-12-13-21-4)18-11-10-14-6-8-15(9-7-14)20(2)3;/h6-9H,5,10-13H2,1-4H3,(H2,17,18,19);1H. The van der Waals surface area contributed by atoms with Crippen LogP contribution >= 0.6 is 24.0 Å². The third kappa shape index (κ3) is 8.43. The van der Waals surface area contributed by atoms with Gasteiger partial charge in [0.15, 0.2) is 5.96 Å². The molecule has 0 aliphatic carbocycles. The molecule has 0 aromatic heterocycles. The summed E-state index contributed by atoms with van der Waals surface area (Å²) in [7, 11) is 5.79. The van der Waals surface area contributed by atoms with Gasteiger partial charge in [-0.2, -0.15) is 0 Å². The van der Waals surface area contributed by atoms with Crippen molar-refractivity contribution in [3.8, 4) is 0 Å². The summed E-state index contributed by atoms with van der Waals surface area (Å²) in [6.07, 6.45) is 0.975. The Bertz CT molecular complexity index is 421. The lowest BCUT2D eigenvalue weighted by molar-refractivity contribution is 0.208. The Morgan fingerprint density at radius 1 is 1.18 bits per heavy atom. The molecule has 2 N–H and O–H groups in total. The quantitative estimate of drug-likeness (QED) is 0.293. The minimum atomic E-state index is 0. The summed E-state index contributed by atoms with van der Waals surface area (Å²) in [4.78, 5) is 6.54. The largest absolute Gasteiger partial charge is 0.383 e. The number of anilines is 1. The van der Waals surface area contributed by atoms with Crippen molar-refractivity contribution < 1.29 is 4.74 Å². The third-order valence-electron chi connectivity index (χ3n) is 3.07. The van der Waals surface area contributed by atoms with Gasteiger partial charge in [-0.05, 0) is 31.0 Å². The van der Waals surface area contributed by atoms with Crippen LogP contribution in [0.3, 0.4) is 0 Å². The van der Waals surface area contributed by atoms with E-state index in [0.717, 1.165) is 25.5 Å². The van der Waals surface area contributed by atoms with Crippen LogP contribution in [-0.2, 0) is 11.2 Å². The van der Waals surface area contributed by atoms with Gasteiger partial charge in [-0.3, -0.25) is 4.99 Å². The average Bonchev–Trinajstić information content (AvgIpc) is 2.48. The number of guanidine groups is 1. The number of halogens is 1. The van der Waals surface area contributed by atoms with E-state index in [1.807, 2.05) is 0 Å². The van der Waals surface area contributed by atoms with Crippen molar-refractivity contribution in [1.82, 2.24) is 10.6 Å². The lowest BCUT2D eigenvalue weighted by Crippen LogP contribution is -2.38. The van der Waals surface area contributed by atoms with Gasteiger partial charge in [-0.15, -0.1) is 24.0 Å². The van der Waals surface area contributed by atoms with Crippen LogP contribution in [0.15, 0.2) is 29.3 Å². The van der Waals surface area contributed by atoms with Crippen LogP contribution in [0.25, 0.3) is 0 Å². The zero-order valence-corrected chi connectivity index (χ0v) is 16.4. The fourth-order valence-corrected chi connectivity index (χ4v) is 1.88. The Morgan fingerprint density at radius 3 is 2.41 bits per heavy atom. The SMILES string of the molecule is CCNC(=NCCOC)NCCc1ccc(N(C)C)cc1.I. The molecule has 5 nitrogen and oxygen atoms in total. The van der Waals surface area contributed by atoms with Crippen LogP contribution in [0.2, 0.25) is 0 Å². The minimum absolute atomic E-state index is 0. The van der Waals surface area contributed by atoms with Crippen molar-refractivity contribution in [2.24, 2.45) is 4.99 Å². The zero-order chi connectivity index (χ0) is 15.5. The summed E-state index contributed by atoms with van der Waals surface area (Å²) >= 11 is 0. The number of nitrogens with zero attached hydrogens (tertiary/aromatic N) is 2. The number of rotatable bonds is 8.